The van der Waals surface area contributed by atoms with Crippen LogP contribution in [0.15, 0.2) is 34.6 Å². The van der Waals surface area contributed by atoms with Crippen molar-refractivity contribution in [2.45, 2.75) is 17.0 Å². The molecule has 92 valence electrons. The number of H-pyrrole nitrogens is 1. The second-order valence-corrected chi connectivity index (χ2v) is 4.42. The third-order valence-corrected chi connectivity index (χ3v) is 3.12. The van der Waals surface area contributed by atoms with Gasteiger partial charge in [-0.2, -0.15) is 5.10 Å². The molecule has 18 heavy (non-hydrogen) atoms. The summed E-state index contributed by atoms with van der Waals surface area (Å²) in [7, 11) is 0. The Morgan fingerprint density at radius 3 is 2.83 bits per heavy atom. The lowest BCUT2D eigenvalue weighted by molar-refractivity contribution is -0.387. The molecule has 0 saturated heterocycles. The predicted molar refractivity (Wildman–Crippen MR) is 63.6 cm³/mol. The van der Waals surface area contributed by atoms with E-state index in [0.29, 0.717) is 15.6 Å². The van der Waals surface area contributed by atoms with Gasteiger partial charge in [-0.25, -0.2) is 4.98 Å². The first-order chi connectivity index (χ1) is 8.58. The minimum absolute atomic E-state index is 0.121. The van der Waals surface area contributed by atoms with Gasteiger partial charge in [-0.05, 0) is 30.8 Å². The number of nitro benzene ring substituents is 1. The Bertz CT molecular complexity index is 597. The van der Waals surface area contributed by atoms with Gasteiger partial charge in [-0.15, -0.1) is 0 Å². The van der Waals surface area contributed by atoms with Crippen LogP contribution in [0.3, 0.4) is 0 Å². The number of hydrogen-bond donors (Lipinski definition) is 1. The van der Waals surface area contributed by atoms with E-state index in [0.717, 1.165) is 11.8 Å². The molecule has 2 aromatic rings. The molecule has 0 atom stereocenters. The van der Waals surface area contributed by atoms with Gasteiger partial charge in [0.2, 0.25) is 0 Å². The molecule has 0 radical (unpaired) electrons. The summed E-state index contributed by atoms with van der Waals surface area (Å²) >= 11 is 1.09. The zero-order chi connectivity index (χ0) is 13.1. The van der Waals surface area contributed by atoms with Gasteiger partial charge in [0, 0.05) is 11.6 Å². The third kappa shape index (κ3) is 2.54. The zero-order valence-corrected chi connectivity index (χ0v) is 10.1. The molecule has 1 heterocycles. The van der Waals surface area contributed by atoms with Crippen molar-refractivity contribution in [3.05, 3.63) is 40.2 Å². The predicted octanol–water partition coefficient (Wildman–Crippen LogP) is 2.07. The largest absolute Gasteiger partial charge is 0.295 e. The zero-order valence-electron chi connectivity index (χ0n) is 9.28. The highest BCUT2D eigenvalue weighted by atomic mass is 32.2. The lowest BCUT2D eigenvalue weighted by Crippen LogP contribution is -1.97. The molecule has 0 aliphatic rings. The Hall–Kier alpha value is -2.22. The van der Waals surface area contributed by atoms with Gasteiger partial charge < -0.3 is 0 Å². The molecule has 1 aromatic carbocycles. The Morgan fingerprint density at radius 1 is 1.50 bits per heavy atom. The van der Waals surface area contributed by atoms with Gasteiger partial charge in [0.25, 0.3) is 5.69 Å². The summed E-state index contributed by atoms with van der Waals surface area (Å²) in [5, 5.41) is 17.7. The average Bonchev–Trinajstić information content (AvgIpc) is 2.81. The number of aromatic amines is 1. The highest BCUT2D eigenvalue weighted by Gasteiger charge is 2.17. The fourth-order valence-electron chi connectivity index (χ4n) is 1.31. The van der Waals surface area contributed by atoms with Gasteiger partial charge in [0.1, 0.15) is 6.33 Å². The highest BCUT2D eigenvalue weighted by Crippen LogP contribution is 2.33. The number of nitrogens with one attached hydrogen (secondary N) is 1. The van der Waals surface area contributed by atoms with Crippen molar-refractivity contribution in [1.82, 2.24) is 15.2 Å². The maximum absolute atomic E-state index is 11.2. The van der Waals surface area contributed by atoms with Gasteiger partial charge in [-0.3, -0.25) is 20.0 Å². The molecule has 0 spiro atoms. The van der Waals surface area contributed by atoms with Gasteiger partial charge >= 0.3 is 0 Å². The second kappa shape index (κ2) is 4.96. The Balaban J connectivity index is 2.40. The molecule has 0 bridgehead atoms. The number of nitrogens with zero attached hydrogens (tertiary/aromatic N) is 3. The van der Waals surface area contributed by atoms with E-state index in [-0.39, 0.29) is 11.5 Å². The highest BCUT2D eigenvalue weighted by molar-refractivity contribution is 7.99. The van der Waals surface area contributed by atoms with Crippen LogP contribution in [0.1, 0.15) is 17.3 Å². The van der Waals surface area contributed by atoms with Gasteiger partial charge in [0.15, 0.2) is 10.9 Å². The van der Waals surface area contributed by atoms with Crippen LogP contribution in [-0.2, 0) is 0 Å². The third-order valence-electron chi connectivity index (χ3n) is 2.16. The summed E-state index contributed by atoms with van der Waals surface area (Å²) < 4.78 is 0. The van der Waals surface area contributed by atoms with Crippen LogP contribution in [0.4, 0.5) is 5.69 Å². The van der Waals surface area contributed by atoms with Gasteiger partial charge in [0.05, 0.1) is 9.82 Å². The first-order valence-corrected chi connectivity index (χ1v) is 5.72. The van der Waals surface area contributed by atoms with Crippen LogP contribution in [0.25, 0.3) is 0 Å². The Labute approximate surface area is 106 Å². The van der Waals surface area contributed by atoms with E-state index in [1.165, 1.54) is 25.4 Å². The van der Waals surface area contributed by atoms with E-state index in [4.69, 9.17) is 0 Å². The van der Waals surface area contributed by atoms with Crippen molar-refractivity contribution in [3.8, 4) is 0 Å². The number of rotatable bonds is 4. The van der Waals surface area contributed by atoms with Crippen LogP contribution in [0.5, 0.6) is 0 Å². The molecule has 0 amide bonds. The van der Waals surface area contributed by atoms with Crippen molar-refractivity contribution < 1.29 is 9.72 Å². The minimum Gasteiger partial charge on any atom is -0.295 e. The lowest BCUT2D eigenvalue weighted by Gasteiger charge is -2.02. The molecule has 7 nitrogen and oxygen atoms in total. The topological polar surface area (TPSA) is 102 Å². The standard InChI is InChI=1S/C10H8N4O3S/c1-6(15)7-2-3-9(8(4-7)14(16)17)18-10-11-5-12-13-10/h2-5H,1H3,(H,11,12,13). The molecule has 0 unspecified atom stereocenters. The number of benzene rings is 1. The van der Waals surface area contributed by atoms with Crippen LogP contribution in [0.2, 0.25) is 0 Å². The molecule has 8 heteroatoms. The molecular formula is C10H8N4O3S. The minimum atomic E-state index is -0.523. The monoisotopic (exact) mass is 264 g/mol. The molecule has 2 rings (SSSR count). The van der Waals surface area contributed by atoms with E-state index in [1.807, 2.05) is 0 Å². The normalized spacial score (nSPS) is 10.3. The van der Waals surface area contributed by atoms with E-state index in [9.17, 15) is 14.9 Å². The fraction of sp³-hybridized carbons (Fsp3) is 0.100. The van der Waals surface area contributed by atoms with E-state index in [1.54, 1.807) is 6.07 Å². The molecule has 0 fully saturated rings. The maximum Gasteiger partial charge on any atom is 0.284 e. The number of carbonyl (C=O) groups excluding carboxylic acids is 1. The van der Waals surface area contributed by atoms with Crippen molar-refractivity contribution in [3.63, 3.8) is 0 Å². The quantitative estimate of drug-likeness (QED) is 0.515. The van der Waals surface area contributed by atoms with Crippen LogP contribution < -0.4 is 0 Å². The van der Waals surface area contributed by atoms with Crippen LogP contribution in [-0.4, -0.2) is 25.9 Å². The van der Waals surface area contributed by atoms with Crippen molar-refractivity contribution in [2.24, 2.45) is 0 Å². The molecule has 0 aliphatic carbocycles. The van der Waals surface area contributed by atoms with Crippen molar-refractivity contribution >= 4 is 23.2 Å². The summed E-state index contributed by atoms with van der Waals surface area (Å²) in [6.45, 7) is 1.36. The number of nitro groups is 1. The number of aromatic nitrogens is 3. The number of ketones is 1. The van der Waals surface area contributed by atoms with Crippen molar-refractivity contribution in [1.29, 1.82) is 0 Å². The van der Waals surface area contributed by atoms with Crippen LogP contribution in [0, 0.1) is 10.1 Å². The first kappa shape index (κ1) is 12.2. The molecule has 0 saturated carbocycles. The Kier molecular flexibility index (Phi) is 3.38. The van der Waals surface area contributed by atoms with Crippen molar-refractivity contribution in [2.75, 3.05) is 0 Å². The van der Waals surface area contributed by atoms with E-state index >= 15 is 0 Å². The van der Waals surface area contributed by atoms with Crippen LogP contribution >= 0.6 is 11.8 Å². The average molecular weight is 264 g/mol. The summed E-state index contributed by atoms with van der Waals surface area (Å²) in [5.41, 5.74) is 0.188. The molecule has 1 aromatic heterocycles. The molecular weight excluding hydrogens is 256 g/mol. The molecule has 0 aliphatic heterocycles. The second-order valence-electron chi connectivity index (χ2n) is 3.39. The SMILES string of the molecule is CC(=O)c1ccc(Sc2ncn[nH]2)c([N+](=O)[O-])c1. The fourth-order valence-corrected chi connectivity index (χ4v) is 2.09. The van der Waals surface area contributed by atoms with Gasteiger partial charge in [-0.1, -0.05) is 0 Å². The summed E-state index contributed by atoms with van der Waals surface area (Å²) in [6, 6.07) is 4.34. The maximum atomic E-state index is 11.2. The number of hydrogen-bond acceptors (Lipinski definition) is 6. The first-order valence-electron chi connectivity index (χ1n) is 4.90. The number of Topliss-reactive ketones (excluding diaryl/α,β-unsaturated/α-hetero) is 1. The number of carbonyl (C=O) groups is 1. The summed E-state index contributed by atoms with van der Waals surface area (Å²) in [5.74, 6) is -0.214. The Morgan fingerprint density at radius 2 is 2.28 bits per heavy atom. The smallest absolute Gasteiger partial charge is 0.284 e. The van der Waals surface area contributed by atoms with E-state index < -0.39 is 4.92 Å². The molecule has 1 N–H and O–H groups in total. The summed E-state index contributed by atoms with van der Waals surface area (Å²) in [6.07, 6.45) is 1.32. The summed E-state index contributed by atoms with van der Waals surface area (Å²) in [4.78, 5) is 25.9. The lowest BCUT2D eigenvalue weighted by atomic mass is 10.1. The van der Waals surface area contributed by atoms with E-state index in [2.05, 4.69) is 15.2 Å².